The number of ether oxygens (including phenoxy) is 1. The number of carbonyl (C=O) groups excluding carboxylic acids is 1. The topological polar surface area (TPSA) is 66.0 Å². The van der Waals surface area contributed by atoms with Gasteiger partial charge in [-0.25, -0.2) is 4.99 Å². The van der Waals surface area contributed by atoms with Crippen molar-refractivity contribution in [1.82, 2.24) is 10.6 Å². The standard InChI is InChI=1S/C20H30N4O2.HI/c1-3-21-19(23-15-20(2)11-7-13-26-20)22-14-18(25)24-12-6-9-16-8-4-5-10-17(16)24;/h4-5,8,10H,3,6-7,9,11-15H2,1-2H3,(H2,21,22,23);1H. The maximum absolute atomic E-state index is 12.7. The molecule has 0 saturated carbocycles. The average Bonchev–Trinajstić information content (AvgIpc) is 3.10. The molecule has 1 aromatic carbocycles. The number of hydrogen-bond donors (Lipinski definition) is 2. The Hall–Kier alpha value is -1.35. The van der Waals surface area contributed by atoms with E-state index in [-0.39, 0.29) is 42.0 Å². The van der Waals surface area contributed by atoms with Crippen LogP contribution in [0.25, 0.3) is 0 Å². The summed E-state index contributed by atoms with van der Waals surface area (Å²) in [6, 6.07) is 8.15. The fourth-order valence-electron chi connectivity index (χ4n) is 3.61. The third-order valence-corrected chi connectivity index (χ3v) is 5.06. The molecule has 1 amide bonds. The highest BCUT2D eigenvalue weighted by Gasteiger charge is 2.29. The van der Waals surface area contributed by atoms with Crippen LogP contribution in [-0.4, -0.2) is 50.3 Å². The summed E-state index contributed by atoms with van der Waals surface area (Å²) in [5, 5.41) is 6.54. The second-order valence-corrected chi connectivity index (χ2v) is 7.23. The van der Waals surface area contributed by atoms with Crippen LogP contribution in [0.5, 0.6) is 0 Å². The van der Waals surface area contributed by atoms with Crippen molar-refractivity contribution in [1.29, 1.82) is 0 Å². The van der Waals surface area contributed by atoms with E-state index in [9.17, 15) is 4.79 Å². The molecule has 1 unspecified atom stereocenters. The SMILES string of the molecule is CCNC(=NCC(=O)N1CCCc2ccccc21)NCC1(C)CCCO1.I. The van der Waals surface area contributed by atoms with Crippen molar-refractivity contribution in [3.05, 3.63) is 29.8 Å². The molecule has 2 aliphatic rings. The molecular formula is C20H31IN4O2. The molecule has 3 rings (SSSR count). The number of halogens is 1. The molecule has 27 heavy (non-hydrogen) atoms. The van der Waals surface area contributed by atoms with Crippen molar-refractivity contribution >= 4 is 41.5 Å². The van der Waals surface area contributed by atoms with Gasteiger partial charge in [0.1, 0.15) is 6.54 Å². The first-order valence-electron chi connectivity index (χ1n) is 9.66. The van der Waals surface area contributed by atoms with Gasteiger partial charge in [-0.3, -0.25) is 4.79 Å². The Kier molecular flexibility index (Phi) is 8.34. The summed E-state index contributed by atoms with van der Waals surface area (Å²) in [7, 11) is 0. The Morgan fingerprint density at radius 3 is 2.85 bits per heavy atom. The summed E-state index contributed by atoms with van der Waals surface area (Å²) in [6.07, 6.45) is 4.17. The van der Waals surface area contributed by atoms with Crippen molar-refractivity contribution < 1.29 is 9.53 Å². The van der Waals surface area contributed by atoms with Crippen molar-refractivity contribution in [2.75, 3.05) is 37.7 Å². The number of amides is 1. The fourth-order valence-corrected chi connectivity index (χ4v) is 3.61. The molecule has 1 saturated heterocycles. The molecule has 0 aromatic heterocycles. The summed E-state index contributed by atoms with van der Waals surface area (Å²) < 4.78 is 5.81. The molecular weight excluding hydrogens is 455 g/mol. The van der Waals surface area contributed by atoms with E-state index in [1.165, 1.54) is 5.56 Å². The number of rotatable bonds is 5. The Balaban J connectivity index is 0.00000261. The van der Waals surface area contributed by atoms with E-state index < -0.39 is 0 Å². The normalized spacial score (nSPS) is 22.0. The van der Waals surface area contributed by atoms with Gasteiger partial charge in [0, 0.05) is 31.9 Å². The highest BCUT2D eigenvalue weighted by Crippen LogP contribution is 2.26. The van der Waals surface area contributed by atoms with Gasteiger partial charge in [0.05, 0.1) is 5.60 Å². The maximum Gasteiger partial charge on any atom is 0.248 e. The summed E-state index contributed by atoms with van der Waals surface area (Å²) in [5.74, 6) is 0.709. The molecule has 0 aliphatic carbocycles. The lowest BCUT2D eigenvalue weighted by Crippen LogP contribution is -2.46. The van der Waals surface area contributed by atoms with Gasteiger partial charge in [0.25, 0.3) is 0 Å². The monoisotopic (exact) mass is 486 g/mol. The summed E-state index contributed by atoms with van der Waals surface area (Å²) >= 11 is 0. The van der Waals surface area contributed by atoms with Gasteiger partial charge in [0.15, 0.2) is 5.96 Å². The Bertz CT molecular complexity index is 659. The quantitative estimate of drug-likeness (QED) is 0.382. The number of aliphatic imine (C=N–C) groups is 1. The third kappa shape index (κ3) is 5.81. The lowest BCUT2D eigenvalue weighted by Gasteiger charge is -2.29. The number of para-hydroxylation sites is 1. The predicted octanol–water partition coefficient (Wildman–Crippen LogP) is 2.71. The number of benzene rings is 1. The Labute approximate surface area is 179 Å². The molecule has 7 heteroatoms. The minimum atomic E-state index is -0.147. The van der Waals surface area contributed by atoms with E-state index in [1.54, 1.807) is 0 Å². The Morgan fingerprint density at radius 1 is 1.30 bits per heavy atom. The number of fused-ring (bicyclic) bond motifs is 1. The van der Waals surface area contributed by atoms with Crippen molar-refractivity contribution in [3.8, 4) is 0 Å². The first-order chi connectivity index (χ1) is 12.6. The molecule has 2 heterocycles. The van der Waals surface area contributed by atoms with Gasteiger partial charge in [0.2, 0.25) is 5.91 Å². The van der Waals surface area contributed by atoms with Crippen molar-refractivity contribution in [3.63, 3.8) is 0 Å². The number of nitrogens with one attached hydrogen (secondary N) is 2. The summed E-state index contributed by atoms with van der Waals surface area (Å²) in [5.41, 5.74) is 2.13. The first kappa shape index (κ1) is 21.9. The molecule has 150 valence electrons. The van der Waals surface area contributed by atoms with Crippen LogP contribution in [0.4, 0.5) is 5.69 Å². The van der Waals surface area contributed by atoms with Crippen LogP contribution >= 0.6 is 24.0 Å². The molecule has 0 spiro atoms. The van der Waals surface area contributed by atoms with Gasteiger partial charge in [-0.1, -0.05) is 18.2 Å². The summed E-state index contributed by atoms with van der Waals surface area (Å²) in [6.45, 7) is 7.31. The van der Waals surface area contributed by atoms with Crippen LogP contribution in [0.15, 0.2) is 29.3 Å². The highest BCUT2D eigenvalue weighted by atomic mass is 127. The van der Waals surface area contributed by atoms with E-state index in [4.69, 9.17) is 4.74 Å². The molecule has 0 bridgehead atoms. The average molecular weight is 486 g/mol. The molecule has 6 nitrogen and oxygen atoms in total. The number of carbonyl (C=O) groups is 1. The molecule has 1 atom stereocenters. The number of nitrogens with zero attached hydrogens (tertiary/aromatic N) is 2. The first-order valence-corrected chi connectivity index (χ1v) is 9.66. The zero-order chi connectivity index (χ0) is 18.4. The fraction of sp³-hybridized carbons (Fsp3) is 0.600. The van der Waals surface area contributed by atoms with E-state index in [0.29, 0.717) is 12.5 Å². The lowest BCUT2D eigenvalue weighted by atomic mass is 10.0. The van der Waals surface area contributed by atoms with Gasteiger partial charge in [-0.15, -0.1) is 24.0 Å². The third-order valence-electron chi connectivity index (χ3n) is 5.06. The Morgan fingerprint density at radius 2 is 2.11 bits per heavy atom. The van der Waals surface area contributed by atoms with E-state index >= 15 is 0 Å². The lowest BCUT2D eigenvalue weighted by molar-refractivity contribution is -0.117. The largest absolute Gasteiger partial charge is 0.373 e. The van der Waals surface area contributed by atoms with E-state index in [2.05, 4.69) is 28.6 Å². The summed E-state index contributed by atoms with van der Waals surface area (Å²) in [4.78, 5) is 19.1. The number of aryl methyl sites for hydroxylation is 1. The van der Waals surface area contributed by atoms with E-state index in [1.807, 2.05) is 30.0 Å². The van der Waals surface area contributed by atoms with Crippen molar-refractivity contribution in [2.24, 2.45) is 4.99 Å². The van der Waals surface area contributed by atoms with Gasteiger partial charge < -0.3 is 20.3 Å². The van der Waals surface area contributed by atoms with Crippen LogP contribution in [0, 0.1) is 0 Å². The number of guanidine groups is 1. The smallest absolute Gasteiger partial charge is 0.248 e. The number of hydrogen-bond acceptors (Lipinski definition) is 3. The zero-order valence-corrected chi connectivity index (χ0v) is 18.6. The van der Waals surface area contributed by atoms with Gasteiger partial charge in [-0.2, -0.15) is 0 Å². The molecule has 2 N–H and O–H groups in total. The molecule has 1 aromatic rings. The zero-order valence-electron chi connectivity index (χ0n) is 16.3. The minimum Gasteiger partial charge on any atom is -0.373 e. The predicted molar refractivity (Wildman–Crippen MR) is 120 cm³/mol. The second-order valence-electron chi connectivity index (χ2n) is 7.23. The van der Waals surface area contributed by atoms with Gasteiger partial charge in [-0.05, 0) is 51.2 Å². The molecule has 1 fully saturated rings. The molecule has 2 aliphatic heterocycles. The van der Waals surface area contributed by atoms with Crippen LogP contribution in [0.2, 0.25) is 0 Å². The van der Waals surface area contributed by atoms with E-state index in [0.717, 1.165) is 51.1 Å². The van der Waals surface area contributed by atoms with Crippen LogP contribution in [0.1, 0.15) is 38.7 Å². The second kappa shape index (κ2) is 10.3. The molecule has 0 radical (unpaired) electrons. The number of anilines is 1. The highest BCUT2D eigenvalue weighted by molar-refractivity contribution is 14.0. The maximum atomic E-state index is 12.7. The van der Waals surface area contributed by atoms with Crippen molar-refractivity contribution in [2.45, 2.75) is 45.1 Å². The van der Waals surface area contributed by atoms with Crippen LogP contribution in [0.3, 0.4) is 0 Å². The van der Waals surface area contributed by atoms with Crippen LogP contribution < -0.4 is 15.5 Å². The van der Waals surface area contributed by atoms with Gasteiger partial charge >= 0.3 is 0 Å². The van der Waals surface area contributed by atoms with Crippen LogP contribution in [-0.2, 0) is 16.0 Å². The minimum absolute atomic E-state index is 0.